The number of nitrogens with zero attached hydrogens (tertiary/aromatic N) is 2. The number of benzene rings is 1. The number of pyridine rings is 1. The molecule has 0 saturated heterocycles. The monoisotopic (exact) mass is 365 g/mol. The molecule has 27 heavy (non-hydrogen) atoms. The Morgan fingerprint density at radius 1 is 1.00 bits per heavy atom. The molecule has 1 aromatic carbocycles. The SMILES string of the molecule is O=C(NCCCNC(=O)c1cc(-c2ccccc2)n[nH]1)c1ccc(O)cn1. The van der Waals surface area contributed by atoms with Gasteiger partial charge in [-0.15, -0.1) is 0 Å². The van der Waals surface area contributed by atoms with Gasteiger partial charge in [0, 0.05) is 18.7 Å². The highest BCUT2D eigenvalue weighted by atomic mass is 16.3. The Labute approximate surface area is 155 Å². The Hall–Kier alpha value is -3.68. The number of nitrogens with one attached hydrogen (secondary N) is 3. The number of aromatic hydroxyl groups is 1. The van der Waals surface area contributed by atoms with Crippen LogP contribution < -0.4 is 10.6 Å². The first kappa shape index (κ1) is 18.1. The van der Waals surface area contributed by atoms with E-state index in [1.807, 2.05) is 30.3 Å². The Bertz CT molecular complexity index is 907. The average Bonchev–Trinajstić information content (AvgIpc) is 3.19. The third kappa shape index (κ3) is 4.91. The second-order valence-electron chi connectivity index (χ2n) is 5.80. The van der Waals surface area contributed by atoms with Crippen molar-refractivity contribution in [3.05, 3.63) is 66.1 Å². The fraction of sp³-hybridized carbons (Fsp3) is 0.158. The third-order valence-corrected chi connectivity index (χ3v) is 3.80. The molecule has 3 aromatic rings. The van der Waals surface area contributed by atoms with Gasteiger partial charge in [0.25, 0.3) is 11.8 Å². The number of aromatic amines is 1. The summed E-state index contributed by atoms with van der Waals surface area (Å²) in [6.45, 7) is 0.793. The van der Waals surface area contributed by atoms with Gasteiger partial charge in [0.15, 0.2) is 0 Å². The van der Waals surface area contributed by atoms with Crippen LogP contribution in [0.4, 0.5) is 0 Å². The van der Waals surface area contributed by atoms with Gasteiger partial charge in [0.2, 0.25) is 0 Å². The molecular formula is C19H19N5O3. The minimum absolute atomic E-state index is 0.00323. The number of amides is 2. The van der Waals surface area contributed by atoms with Gasteiger partial charge in [-0.3, -0.25) is 14.7 Å². The summed E-state index contributed by atoms with van der Waals surface area (Å²) in [7, 11) is 0. The standard InChI is InChI=1S/C19H19N5O3/c25-14-7-8-15(22-12-14)18(26)20-9-4-10-21-19(27)17-11-16(23-24-17)13-5-2-1-3-6-13/h1-3,5-8,11-12,25H,4,9-10H2,(H,20,26)(H,21,27)(H,23,24). The first-order valence-corrected chi connectivity index (χ1v) is 8.46. The van der Waals surface area contributed by atoms with Crippen molar-refractivity contribution in [2.45, 2.75) is 6.42 Å². The van der Waals surface area contributed by atoms with Crippen LogP contribution in [-0.4, -0.2) is 45.2 Å². The predicted molar refractivity (Wildman–Crippen MR) is 99.2 cm³/mol. The van der Waals surface area contributed by atoms with Crippen LogP contribution in [0.1, 0.15) is 27.4 Å². The van der Waals surface area contributed by atoms with Crippen LogP contribution >= 0.6 is 0 Å². The minimum Gasteiger partial charge on any atom is -0.506 e. The molecule has 0 bridgehead atoms. The molecule has 0 saturated carbocycles. The largest absolute Gasteiger partial charge is 0.506 e. The number of H-pyrrole nitrogens is 1. The van der Waals surface area contributed by atoms with Crippen molar-refractivity contribution < 1.29 is 14.7 Å². The molecule has 138 valence electrons. The Morgan fingerprint density at radius 3 is 2.44 bits per heavy atom. The van der Waals surface area contributed by atoms with Crippen molar-refractivity contribution in [3.63, 3.8) is 0 Å². The summed E-state index contributed by atoms with van der Waals surface area (Å²) in [5, 5.41) is 21.5. The highest BCUT2D eigenvalue weighted by Gasteiger charge is 2.10. The Morgan fingerprint density at radius 2 is 1.74 bits per heavy atom. The number of rotatable bonds is 7. The van der Waals surface area contributed by atoms with E-state index < -0.39 is 0 Å². The van der Waals surface area contributed by atoms with Crippen LogP contribution in [0.25, 0.3) is 11.3 Å². The van der Waals surface area contributed by atoms with E-state index in [0.717, 1.165) is 5.56 Å². The quantitative estimate of drug-likeness (QED) is 0.475. The smallest absolute Gasteiger partial charge is 0.269 e. The van der Waals surface area contributed by atoms with Crippen LogP contribution in [0.5, 0.6) is 5.75 Å². The van der Waals surface area contributed by atoms with Gasteiger partial charge in [-0.25, -0.2) is 4.98 Å². The molecule has 2 heterocycles. The zero-order valence-corrected chi connectivity index (χ0v) is 14.5. The highest BCUT2D eigenvalue weighted by molar-refractivity contribution is 5.93. The number of carbonyl (C=O) groups is 2. The van der Waals surface area contributed by atoms with Crippen LogP contribution in [0.15, 0.2) is 54.7 Å². The normalized spacial score (nSPS) is 10.4. The van der Waals surface area contributed by atoms with Gasteiger partial charge < -0.3 is 15.7 Å². The molecule has 8 heteroatoms. The first-order chi connectivity index (χ1) is 13.1. The van der Waals surface area contributed by atoms with Crippen molar-refractivity contribution in [1.82, 2.24) is 25.8 Å². The summed E-state index contributed by atoms with van der Waals surface area (Å²) in [5.41, 5.74) is 2.24. The van der Waals surface area contributed by atoms with E-state index in [1.54, 1.807) is 6.07 Å². The summed E-state index contributed by atoms with van der Waals surface area (Å²) < 4.78 is 0. The van der Waals surface area contributed by atoms with E-state index in [4.69, 9.17) is 5.11 Å². The fourth-order valence-corrected chi connectivity index (χ4v) is 2.39. The molecule has 3 rings (SSSR count). The second kappa shape index (κ2) is 8.61. The molecule has 0 aliphatic heterocycles. The number of aromatic nitrogens is 3. The van der Waals surface area contributed by atoms with E-state index in [-0.39, 0.29) is 23.3 Å². The maximum atomic E-state index is 12.1. The van der Waals surface area contributed by atoms with E-state index in [0.29, 0.717) is 30.9 Å². The van der Waals surface area contributed by atoms with E-state index in [1.165, 1.54) is 18.3 Å². The van der Waals surface area contributed by atoms with Crippen LogP contribution in [0.2, 0.25) is 0 Å². The molecule has 8 nitrogen and oxygen atoms in total. The summed E-state index contributed by atoms with van der Waals surface area (Å²) in [5.74, 6) is -0.581. The highest BCUT2D eigenvalue weighted by Crippen LogP contribution is 2.16. The molecule has 4 N–H and O–H groups in total. The Kier molecular flexibility index (Phi) is 5.78. The molecule has 0 fully saturated rings. The van der Waals surface area contributed by atoms with E-state index in [2.05, 4.69) is 25.8 Å². The Balaban J connectivity index is 1.40. The summed E-state index contributed by atoms with van der Waals surface area (Å²) in [6, 6.07) is 14.1. The summed E-state index contributed by atoms with van der Waals surface area (Å²) >= 11 is 0. The zero-order valence-electron chi connectivity index (χ0n) is 14.5. The maximum Gasteiger partial charge on any atom is 0.269 e. The van der Waals surface area contributed by atoms with Gasteiger partial charge in [-0.2, -0.15) is 5.10 Å². The van der Waals surface area contributed by atoms with Gasteiger partial charge in [-0.1, -0.05) is 30.3 Å². The molecular weight excluding hydrogens is 346 g/mol. The second-order valence-corrected chi connectivity index (χ2v) is 5.80. The lowest BCUT2D eigenvalue weighted by Gasteiger charge is -2.06. The van der Waals surface area contributed by atoms with Crippen molar-refractivity contribution in [2.24, 2.45) is 0 Å². The third-order valence-electron chi connectivity index (χ3n) is 3.80. The number of hydrogen-bond donors (Lipinski definition) is 4. The predicted octanol–water partition coefficient (Wildman–Crippen LogP) is 1.73. The summed E-state index contributed by atoms with van der Waals surface area (Å²) in [4.78, 5) is 27.8. The fourth-order valence-electron chi connectivity index (χ4n) is 2.39. The van der Waals surface area contributed by atoms with Gasteiger partial charge in [0.1, 0.15) is 17.1 Å². The minimum atomic E-state index is -0.331. The van der Waals surface area contributed by atoms with Crippen LogP contribution in [0, 0.1) is 0 Å². The van der Waals surface area contributed by atoms with Gasteiger partial charge in [-0.05, 0) is 24.6 Å². The zero-order chi connectivity index (χ0) is 19.1. The van der Waals surface area contributed by atoms with E-state index >= 15 is 0 Å². The first-order valence-electron chi connectivity index (χ1n) is 8.46. The average molecular weight is 365 g/mol. The molecule has 0 unspecified atom stereocenters. The molecule has 0 aliphatic rings. The molecule has 0 aliphatic carbocycles. The van der Waals surface area contributed by atoms with Crippen molar-refractivity contribution in [1.29, 1.82) is 0 Å². The number of carbonyl (C=O) groups excluding carboxylic acids is 2. The van der Waals surface area contributed by atoms with Gasteiger partial charge in [0.05, 0.1) is 11.9 Å². The lowest BCUT2D eigenvalue weighted by atomic mass is 10.1. The molecule has 0 atom stereocenters. The topological polar surface area (TPSA) is 120 Å². The number of hydrogen-bond acceptors (Lipinski definition) is 5. The van der Waals surface area contributed by atoms with Crippen molar-refractivity contribution in [2.75, 3.05) is 13.1 Å². The molecule has 0 radical (unpaired) electrons. The molecule has 2 amide bonds. The lowest BCUT2D eigenvalue weighted by Crippen LogP contribution is -2.30. The lowest BCUT2D eigenvalue weighted by molar-refractivity contribution is 0.0946. The van der Waals surface area contributed by atoms with Crippen LogP contribution in [-0.2, 0) is 0 Å². The van der Waals surface area contributed by atoms with Gasteiger partial charge >= 0.3 is 0 Å². The van der Waals surface area contributed by atoms with Crippen molar-refractivity contribution >= 4 is 11.8 Å². The molecule has 2 aromatic heterocycles. The van der Waals surface area contributed by atoms with Crippen molar-refractivity contribution in [3.8, 4) is 17.0 Å². The van der Waals surface area contributed by atoms with E-state index in [9.17, 15) is 9.59 Å². The summed E-state index contributed by atoms with van der Waals surface area (Å²) in [6.07, 6.45) is 1.78. The molecule has 0 spiro atoms. The van der Waals surface area contributed by atoms with Crippen LogP contribution in [0.3, 0.4) is 0 Å². The maximum absolute atomic E-state index is 12.1.